The van der Waals surface area contributed by atoms with Crippen molar-refractivity contribution in [2.75, 3.05) is 12.3 Å². The number of benzene rings is 2. The smallest absolute Gasteiger partial charge is 0.254 e. The summed E-state index contributed by atoms with van der Waals surface area (Å²) in [7, 11) is 0. The van der Waals surface area contributed by atoms with Crippen molar-refractivity contribution >= 4 is 41.0 Å². The molecule has 0 fully saturated rings. The van der Waals surface area contributed by atoms with E-state index in [-0.39, 0.29) is 5.91 Å². The Bertz CT molecular complexity index is 857. The second kappa shape index (κ2) is 9.67. The Morgan fingerprint density at radius 2 is 1.73 bits per heavy atom. The van der Waals surface area contributed by atoms with Crippen LogP contribution >= 0.6 is 35.1 Å². The molecular weight excluding hydrogens is 384 g/mol. The van der Waals surface area contributed by atoms with Crippen molar-refractivity contribution in [1.29, 1.82) is 0 Å². The Labute approximate surface area is 166 Å². The third-order valence-corrected chi connectivity index (χ3v) is 5.74. The standard InChI is InChI=1S/C20H17ClN2OS2/c21-15-8-10-16(11-9-15)25-14-13-22-19(24)18-7-4-12-23-20(18)26-17-5-2-1-3-6-17/h1-12H,13-14H2,(H,22,24). The number of hydrogen-bond donors (Lipinski definition) is 1. The molecule has 0 radical (unpaired) electrons. The fraction of sp³-hybridized carbons (Fsp3) is 0.100. The van der Waals surface area contributed by atoms with E-state index in [0.717, 1.165) is 20.6 Å². The minimum absolute atomic E-state index is 0.103. The zero-order valence-electron chi connectivity index (χ0n) is 13.9. The lowest BCUT2D eigenvalue weighted by atomic mass is 10.3. The number of pyridine rings is 1. The van der Waals surface area contributed by atoms with Crippen LogP contribution in [-0.2, 0) is 0 Å². The van der Waals surface area contributed by atoms with E-state index in [1.165, 1.54) is 11.8 Å². The Balaban J connectivity index is 1.55. The highest BCUT2D eigenvalue weighted by molar-refractivity contribution is 7.99. The quantitative estimate of drug-likeness (QED) is 0.425. The lowest BCUT2D eigenvalue weighted by Crippen LogP contribution is -2.26. The zero-order valence-corrected chi connectivity index (χ0v) is 16.3. The van der Waals surface area contributed by atoms with Crippen LogP contribution in [0.3, 0.4) is 0 Å². The van der Waals surface area contributed by atoms with Crippen molar-refractivity contribution < 1.29 is 4.79 Å². The van der Waals surface area contributed by atoms with E-state index < -0.39 is 0 Å². The van der Waals surface area contributed by atoms with Gasteiger partial charge < -0.3 is 5.32 Å². The van der Waals surface area contributed by atoms with Gasteiger partial charge in [-0.05, 0) is 48.5 Å². The Morgan fingerprint density at radius 1 is 0.962 bits per heavy atom. The van der Waals surface area contributed by atoms with E-state index in [1.54, 1.807) is 30.1 Å². The number of thioether (sulfide) groups is 1. The zero-order chi connectivity index (χ0) is 18.2. The Hall–Kier alpha value is -1.95. The molecule has 0 unspecified atom stereocenters. The summed E-state index contributed by atoms with van der Waals surface area (Å²) in [6.45, 7) is 0.580. The molecule has 2 aromatic carbocycles. The highest BCUT2D eigenvalue weighted by Crippen LogP contribution is 2.28. The molecule has 3 nitrogen and oxygen atoms in total. The molecule has 0 aliphatic carbocycles. The summed E-state index contributed by atoms with van der Waals surface area (Å²) in [5.41, 5.74) is 0.595. The third kappa shape index (κ3) is 5.53. The van der Waals surface area contributed by atoms with Crippen LogP contribution in [0.15, 0.2) is 87.7 Å². The van der Waals surface area contributed by atoms with Crippen molar-refractivity contribution in [1.82, 2.24) is 10.3 Å². The van der Waals surface area contributed by atoms with E-state index in [9.17, 15) is 4.79 Å². The number of amides is 1. The average molecular weight is 401 g/mol. The van der Waals surface area contributed by atoms with Gasteiger partial charge in [0.25, 0.3) is 5.91 Å². The number of carbonyl (C=O) groups excluding carboxylic acids is 1. The molecule has 1 heterocycles. The summed E-state index contributed by atoms with van der Waals surface area (Å²) in [4.78, 5) is 19.1. The van der Waals surface area contributed by atoms with Crippen LogP contribution in [0.4, 0.5) is 0 Å². The predicted octanol–water partition coefficient (Wildman–Crippen LogP) is 5.41. The molecular formula is C20H17ClN2OS2. The first-order valence-corrected chi connectivity index (χ1v) is 10.2. The molecule has 132 valence electrons. The first-order chi connectivity index (χ1) is 12.7. The molecule has 0 spiro atoms. The molecule has 0 aliphatic rings. The fourth-order valence-corrected chi connectivity index (χ4v) is 4.00. The Morgan fingerprint density at radius 3 is 2.50 bits per heavy atom. The number of nitrogens with zero attached hydrogens (tertiary/aromatic N) is 1. The van der Waals surface area contributed by atoms with Gasteiger partial charge >= 0.3 is 0 Å². The van der Waals surface area contributed by atoms with Crippen molar-refractivity contribution in [2.45, 2.75) is 14.8 Å². The molecule has 26 heavy (non-hydrogen) atoms. The van der Waals surface area contributed by atoms with Gasteiger partial charge in [0.1, 0.15) is 5.03 Å². The van der Waals surface area contributed by atoms with Gasteiger partial charge in [-0.25, -0.2) is 4.98 Å². The number of hydrogen-bond acceptors (Lipinski definition) is 4. The lowest BCUT2D eigenvalue weighted by Gasteiger charge is -2.09. The van der Waals surface area contributed by atoms with E-state index in [2.05, 4.69) is 10.3 Å². The second-order valence-electron chi connectivity index (χ2n) is 5.33. The van der Waals surface area contributed by atoms with Gasteiger partial charge in [0.05, 0.1) is 5.56 Å². The van der Waals surface area contributed by atoms with E-state index in [0.29, 0.717) is 17.1 Å². The van der Waals surface area contributed by atoms with Gasteiger partial charge in [0.15, 0.2) is 0 Å². The van der Waals surface area contributed by atoms with Crippen molar-refractivity contribution in [3.8, 4) is 0 Å². The highest BCUT2D eigenvalue weighted by atomic mass is 35.5. The highest BCUT2D eigenvalue weighted by Gasteiger charge is 2.13. The summed E-state index contributed by atoms with van der Waals surface area (Å²) in [5, 5.41) is 4.40. The number of carbonyl (C=O) groups is 1. The van der Waals surface area contributed by atoms with Crippen LogP contribution in [-0.4, -0.2) is 23.2 Å². The molecule has 1 N–H and O–H groups in total. The van der Waals surface area contributed by atoms with Gasteiger partial charge in [-0.2, -0.15) is 0 Å². The third-order valence-electron chi connectivity index (χ3n) is 3.44. The average Bonchev–Trinajstić information content (AvgIpc) is 2.68. The van der Waals surface area contributed by atoms with Crippen molar-refractivity contribution in [3.05, 3.63) is 83.5 Å². The van der Waals surface area contributed by atoms with Gasteiger partial charge in [0.2, 0.25) is 0 Å². The van der Waals surface area contributed by atoms with E-state index >= 15 is 0 Å². The minimum Gasteiger partial charge on any atom is -0.351 e. The first kappa shape index (κ1) is 18.8. The molecule has 1 aromatic heterocycles. The maximum Gasteiger partial charge on any atom is 0.254 e. The van der Waals surface area contributed by atoms with Crippen molar-refractivity contribution in [3.63, 3.8) is 0 Å². The summed E-state index contributed by atoms with van der Waals surface area (Å²) < 4.78 is 0. The monoisotopic (exact) mass is 400 g/mol. The molecule has 1 amide bonds. The van der Waals surface area contributed by atoms with Gasteiger partial charge in [0, 0.05) is 33.3 Å². The fourth-order valence-electron chi connectivity index (χ4n) is 2.20. The molecule has 3 rings (SSSR count). The molecule has 0 bridgehead atoms. The molecule has 3 aromatic rings. The summed E-state index contributed by atoms with van der Waals surface area (Å²) in [6, 6.07) is 21.2. The summed E-state index contributed by atoms with van der Waals surface area (Å²) in [6.07, 6.45) is 1.71. The second-order valence-corrected chi connectivity index (χ2v) is 8.00. The van der Waals surface area contributed by atoms with Crippen molar-refractivity contribution in [2.24, 2.45) is 0 Å². The number of halogens is 1. The predicted molar refractivity (Wildman–Crippen MR) is 109 cm³/mol. The first-order valence-electron chi connectivity index (χ1n) is 8.07. The van der Waals surface area contributed by atoms with Crippen LogP contribution in [0.2, 0.25) is 5.02 Å². The Kier molecular flexibility index (Phi) is 7.00. The van der Waals surface area contributed by atoms with Crippen LogP contribution in [0.5, 0.6) is 0 Å². The minimum atomic E-state index is -0.103. The molecule has 0 aliphatic heterocycles. The topological polar surface area (TPSA) is 42.0 Å². The van der Waals surface area contributed by atoms with Crippen LogP contribution in [0, 0.1) is 0 Å². The maximum atomic E-state index is 12.5. The number of nitrogens with one attached hydrogen (secondary N) is 1. The van der Waals surface area contributed by atoms with E-state index in [4.69, 9.17) is 11.6 Å². The number of rotatable bonds is 7. The molecule has 6 heteroatoms. The largest absolute Gasteiger partial charge is 0.351 e. The molecule has 0 saturated carbocycles. The van der Waals surface area contributed by atoms with E-state index in [1.807, 2.05) is 54.6 Å². The summed E-state index contributed by atoms with van der Waals surface area (Å²) in [5.74, 6) is 0.683. The van der Waals surface area contributed by atoms with Gasteiger partial charge in [-0.3, -0.25) is 4.79 Å². The molecule has 0 atom stereocenters. The van der Waals surface area contributed by atoms with Crippen LogP contribution in [0.1, 0.15) is 10.4 Å². The van der Waals surface area contributed by atoms with Crippen LogP contribution < -0.4 is 5.32 Å². The van der Waals surface area contributed by atoms with Gasteiger partial charge in [-0.15, -0.1) is 11.8 Å². The lowest BCUT2D eigenvalue weighted by molar-refractivity contribution is 0.0952. The van der Waals surface area contributed by atoms with Gasteiger partial charge in [-0.1, -0.05) is 41.6 Å². The summed E-state index contributed by atoms with van der Waals surface area (Å²) >= 11 is 9.05. The maximum absolute atomic E-state index is 12.5. The molecule has 0 saturated heterocycles. The van der Waals surface area contributed by atoms with Crippen LogP contribution in [0.25, 0.3) is 0 Å². The SMILES string of the molecule is O=C(NCCSc1ccc(Cl)cc1)c1cccnc1Sc1ccccc1. The normalized spacial score (nSPS) is 10.5. The number of aromatic nitrogens is 1.